The highest BCUT2D eigenvalue weighted by Gasteiger charge is 2.41. The highest BCUT2D eigenvalue weighted by atomic mass is 16.1. The smallest absolute Gasteiger partial charge is 0.171 e. The molecule has 0 N–H and O–H groups in total. The summed E-state index contributed by atoms with van der Waals surface area (Å²) in [5, 5.41) is 0. The van der Waals surface area contributed by atoms with Gasteiger partial charge in [0.1, 0.15) is 0 Å². The number of Topliss-reactive ketones (excluding diaryl/α,β-unsaturated/α-hetero) is 1. The molecule has 0 aromatic heterocycles. The molecule has 0 spiro atoms. The lowest BCUT2D eigenvalue weighted by atomic mass is 9.63. The number of fused-ring (bicyclic) bond motifs is 3. The van der Waals surface area contributed by atoms with Crippen molar-refractivity contribution in [2.75, 3.05) is 0 Å². The van der Waals surface area contributed by atoms with Gasteiger partial charge in [-0.05, 0) is 52.3 Å². The molecule has 2 aromatic carbocycles. The molecule has 0 radical (unpaired) electrons. The molecule has 1 unspecified atom stereocenters. The molecule has 1 aliphatic rings. The van der Waals surface area contributed by atoms with E-state index in [1.165, 1.54) is 29.5 Å². The molecule has 0 heterocycles. The third-order valence-electron chi connectivity index (χ3n) is 7.10. The molecular formula is C27H36O. The molecule has 150 valence electrons. The predicted molar refractivity (Wildman–Crippen MR) is 120 cm³/mol. The zero-order valence-electron chi connectivity index (χ0n) is 18.5. The zero-order valence-corrected chi connectivity index (χ0v) is 18.5. The van der Waals surface area contributed by atoms with E-state index in [-0.39, 0.29) is 11.3 Å². The summed E-state index contributed by atoms with van der Waals surface area (Å²) in [6, 6.07) is 15.2. The van der Waals surface area contributed by atoms with Crippen molar-refractivity contribution >= 4 is 5.78 Å². The van der Waals surface area contributed by atoms with Gasteiger partial charge >= 0.3 is 0 Å². The lowest BCUT2D eigenvalue weighted by molar-refractivity contribution is 0.0853. The standard InChI is InChI=1S/C27H36O/c1-7-11-18(3)20-14-15-23-24(17-20)21-12-9-10-13-22(21)25(26(23)28)19(4)27(5,6)16-8-2/h9-10,12-15,17-19,25H,7-8,11,16H2,1-6H3/t18?,19-,25-/m0/s1. The third kappa shape index (κ3) is 3.69. The average molecular weight is 377 g/mol. The van der Waals surface area contributed by atoms with Crippen LogP contribution in [0.4, 0.5) is 0 Å². The predicted octanol–water partition coefficient (Wildman–Crippen LogP) is 8.00. The van der Waals surface area contributed by atoms with Gasteiger partial charge in [-0.15, -0.1) is 0 Å². The van der Waals surface area contributed by atoms with E-state index in [9.17, 15) is 4.79 Å². The maximum Gasteiger partial charge on any atom is 0.171 e. The summed E-state index contributed by atoms with van der Waals surface area (Å²) in [6.45, 7) is 13.7. The Morgan fingerprint density at radius 1 is 0.929 bits per heavy atom. The molecule has 1 heteroatoms. The Labute approximate surface area is 171 Å². The zero-order chi connectivity index (χ0) is 20.5. The SMILES string of the molecule is CCCC(C)c1ccc2c(c1)-c1ccccc1[C@H]([C@H](C)C(C)(C)CCC)C2=O. The van der Waals surface area contributed by atoms with E-state index >= 15 is 0 Å². The number of carbonyl (C=O) groups excluding carboxylic acids is 1. The van der Waals surface area contributed by atoms with Gasteiger partial charge in [0.2, 0.25) is 0 Å². The molecule has 28 heavy (non-hydrogen) atoms. The number of hydrogen-bond acceptors (Lipinski definition) is 1. The second-order valence-corrected chi connectivity index (χ2v) is 9.45. The molecule has 1 aliphatic carbocycles. The van der Waals surface area contributed by atoms with Gasteiger partial charge < -0.3 is 0 Å². The quantitative estimate of drug-likeness (QED) is 0.478. The third-order valence-corrected chi connectivity index (χ3v) is 7.10. The number of rotatable bonds is 7. The topological polar surface area (TPSA) is 17.1 Å². The van der Waals surface area contributed by atoms with Crippen LogP contribution in [0.2, 0.25) is 0 Å². The minimum absolute atomic E-state index is 0.0517. The minimum atomic E-state index is -0.0517. The van der Waals surface area contributed by atoms with Crippen molar-refractivity contribution in [3.8, 4) is 11.1 Å². The average Bonchev–Trinajstić information content (AvgIpc) is 2.68. The van der Waals surface area contributed by atoms with Crippen molar-refractivity contribution in [1.29, 1.82) is 0 Å². The Bertz CT molecular complexity index is 845. The van der Waals surface area contributed by atoms with E-state index in [1.807, 2.05) is 0 Å². The number of hydrogen-bond donors (Lipinski definition) is 0. The van der Waals surface area contributed by atoms with Crippen LogP contribution in [0.25, 0.3) is 11.1 Å². The molecule has 0 saturated heterocycles. The largest absolute Gasteiger partial charge is 0.293 e. The van der Waals surface area contributed by atoms with Crippen molar-refractivity contribution in [3.63, 3.8) is 0 Å². The van der Waals surface area contributed by atoms with Crippen LogP contribution in [-0.4, -0.2) is 5.78 Å². The van der Waals surface area contributed by atoms with E-state index in [1.54, 1.807) is 0 Å². The summed E-state index contributed by atoms with van der Waals surface area (Å²) in [6.07, 6.45) is 4.65. The van der Waals surface area contributed by atoms with Gasteiger partial charge in [0, 0.05) is 5.56 Å². The van der Waals surface area contributed by atoms with Gasteiger partial charge in [-0.1, -0.05) is 96.8 Å². The second kappa shape index (κ2) is 8.23. The van der Waals surface area contributed by atoms with Crippen LogP contribution in [0.1, 0.15) is 101 Å². The maximum atomic E-state index is 13.7. The minimum Gasteiger partial charge on any atom is -0.293 e. The Morgan fingerprint density at radius 2 is 1.64 bits per heavy atom. The maximum absolute atomic E-state index is 13.7. The second-order valence-electron chi connectivity index (χ2n) is 9.45. The first-order valence-electron chi connectivity index (χ1n) is 11.1. The molecule has 0 fully saturated rings. The van der Waals surface area contributed by atoms with Crippen molar-refractivity contribution in [2.45, 2.75) is 79.1 Å². The Hall–Kier alpha value is -1.89. The summed E-state index contributed by atoms with van der Waals surface area (Å²) in [5.74, 6) is 1.08. The summed E-state index contributed by atoms with van der Waals surface area (Å²) in [7, 11) is 0. The Kier molecular flexibility index (Phi) is 6.12. The monoisotopic (exact) mass is 376 g/mol. The normalized spacial score (nSPS) is 18.4. The van der Waals surface area contributed by atoms with E-state index in [0.717, 1.165) is 24.0 Å². The molecule has 2 aromatic rings. The van der Waals surface area contributed by atoms with Crippen molar-refractivity contribution < 1.29 is 4.79 Å². The first-order valence-corrected chi connectivity index (χ1v) is 11.1. The summed E-state index contributed by atoms with van der Waals surface area (Å²) < 4.78 is 0. The van der Waals surface area contributed by atoms with Gasteiger partial charge in [-0.25, -0.2) is 0 Å². The van der Waals surface area contributed by atoms with Crippen LogP contribution in [0.3, 0.4) is 0 Å². The molecule has 0 amide bonds. The fraction of sp³-hybridized carbons (Fsp3) is 0.519. The number of benzene rings is 2. The summed E-state index contributed by atoms with van der Waals surface area (Å²) in [5.41, 5.74) is 6.01. The van der Waals surface area contributed by atoms with Crippen LogP contribution < -0.4 is 0 Å². The molecule has 0 bridgehead atoms. The lowest BCUT2D eigenvalue weighted by Crippen LogP contribution is -2.34. The molecule has 0 saturated carbocycles. The highest BCUT2D eigenvalue weighted by Crippen LogP contribution is 2.49. The number of ketones is 1. The molecule has 3 rings (SSSR count). The summed E-state index contributed by atoms with van der Waals surface area (Å²) >= 11 is 0. The Balaban J connectivity index is 2.11. The van der Waals surface area contributed by atoms with E-state index in [4.69, 9.17) is 0 Å². The van der Waals surface area contributed by atoms with Gasteiger partial charge in [0.15, 0.2) is 5.78 Å². The first kappa shape index (κ1) is 20.8. The fourth-order valence-corrected chi connectivity index (χ4v) is 5.05. The summed E-state index contributed by atoms with van der Waals surface area (Å²) in [4.78, 5) is 13.7. The van der Waals surface area contributed by atoms with Gasteiger partial charge in [-0.3, -0.25) is 4.79 Å². The van der Waals surface area contributed by atoms with Crippen LogP contribution >= 0.6 is 0 Å². The van der Waals surface area contributed by atoms with Gasteiger partial charge in [0.05, 0.1) is 5.92 Å². The highest BCUT2D eigenvalue weighted by molar-refractivity contribution is 6.10. The van der Waals surface area contributed by atoms with Crippen molar-refractivity contribution in [3.05, 3.63) is 59.2 Å². The molecular weight excluding hydrogens is 340 g/mol. The van der Waals surface area contributed by atoms with Crippen LogP contribution in [0, 0.1) is 11.3 Å². The fourth-order valence-electron chi connectivity index (χ4n) is 5.05. The van der Waals surface area contributed by atoms with Gasteiger partial charge in [0.25, 0.3) is 0 Å². The number of carbonyl (C=O) groups is 1. The van der Waals surface area contributed by atoms with Crippen LogP contribution in [-0.2, 0) is 0 Å². The molecule has 1 nitrogen and oxygen atoms in total. The van der Waals surface area contributed by atoms with Crippen molar-refractivity contribution in [2.24, 2.45) is 11.3 Å². The lowest BCUT2D eigenvalue weighted by Gasteiger charge is -2.39. The Morgan fingerprint density at radius 3 is 2.32 bits per heavy atom. The van der Waals surface area contributed by atoms with E-state index in [2.05, 4.69) is 84.0 Å². The first-order chi connectivity index (χ1) is 13.3. The molecule has 3 atom stereocenters. The van der Waals surface area contributed by atoms with Crippen molar-refractivity contribution in [1.82, 2.24) is 0 Å². The van der Waals surface area contributed by atoms with Crippen LogP contribution in [0.15, 0.2) is 42.5 Å². The van der Waals surface area contributed by atoms with E-state index in [0.29, 0.717) is 17.6 Å². The van der Waals surface area contributed by atoms with E-state index < -0.39 is 0 Å². The van der Waals surface area contributed by atoms with Crippen LogP contribution in [0.5, 0.6) is 0 Å². The molecule has 0 aliphatic heterocycles. The van der Waals surface area contributed by atoms with Gasteiger partial charge in [-0.2, -0.15) is 0 Å².